The first-order chi connectivity index (χ1) is 5.16. The monoisotopic (exact) mass is 207 g/mol. The molecule has 0 fully saturated rings. The van der Waals surface area contributed by atoms with E-state index in [2.05, 4.69) is 12.1 Å². The number of aryl methyl sites for hydroxylation is 1. The van der Waals surface area contributed by atoms with E-state index in [1.165, 1.54) is 22.4 Å². The van der Waals surface area contributed by atoms with Crippen LogP contribution in [0, 0.1) is 25.2 Å². The van der Waals surface area contributed by atoms with Crippen molar-refractivity contribution in [2.45, 2.75) is 13.8 Å². The molecule has 0 aliphatic carbocycles. The summed E-state index contributed by atoms with van der Waals surface area (Å²) < 4.78 is 1.13. The van der Waals surface area contributed by atoms with Crippen LogP contribution in [0.4, 0.5) is 0 Å². The first-order valence-corrected chi connectivity index (χ1v) is 4.63. The van der Waals surface area contributed by atoms with Crippen LogP contribution in [0.25, 0.3) is 0 Å². The Balaban J connectivity index is 3.44. The van der Waals surface area contributed by atoms with Crippen molar-refractivity contribution >= 4 is 21.2 Å². The fourth-order valence-electron chi connectivity index (χ4n) is 0.985. The number of nitriles is 1. The van der Waals surface area contributed by atoms with Gasteiger partial charge in [-0.2, -0.15) is 0 Å². The van der Waals surface area contributed by atoms with Crippen LogP contribution in [0.2, 0.25) is 0 Å². The van der Waals surface area contributed by atoms with Gasteiger partial charge < -0.3 is 0 Å². The summed E-state index contributed by atoms with van der Waals surface area (Å²) >= 11 is 1.51. The number of hydrogen-bond donors (Lipinski definition) is 0. The van der Waals surface area contributed by atoms with Crippen LogP contribution in [-0.2, 0) is 0 Å². The molecule has 1 aromatic rings. The molecule has 0 N–H and O–H groups in total. The fourth-order valence-corrected chi connectivity index (χ4v) is 1.78. The van der Waals surface area contributed by atoms with E-state index < -0.39 is 0 Å². The predicted octanol–water partition coefficient (Wildman–Crippen LogP) is 0.434. The van der Waals surface area contributed by atoms with Gasteiger partial charge in [0.2, 0.25) is 0 Å². The molecule has 1 aromatic carbocycles. The molecule has 2 heteroatoms. The molecule has 0 aromatic heterocycles. The third-order valence-corrected chi connectivity index (χ3v) is 2.89. The Morgan fingerprint density at radius 1 is 1.36 bits per heavy atom. The van der Waals surface area contributed by atoms with Gasteiger partial charge in [0.1, 0.15) is 0 Å². The van der Waals surface area contributed by atoms with Gasteiger partial charge in [0, 0.05) is 0 Å². The van der Waals surface area contributed by atoms with E-state index in [1.54, 1.807) is 0 Å². The van der Waals surface area contributed by atoms with Crippen molar-refractivity contribution in [3.05, 3.63) is 28.8 Å². The molecule has 0 heterocycles. The fraction of sp³-hybridized carbons (Fsp3) is 0.222. The summed E-state index contributed by atoms with van der Waals surface area (Å²) in [5, 5.41) is 8.78. The van der Waals surface area contributed by atoms with Crippen LogP contribution in [-0.4, -0.2) is 16.9 Å². The minimum atomic E-state index is 0.852. The third kappa shape index (κ3) is 1.47. The quantitative estimate of drug-likeness (QED) is 0.566. The first kappa shape index (κ1) is 8.37. The molecule has 0 bridgehead atoms. The molecule has 11 heavy (non-hydrogen) atoms. The Morgan fingerprint density at radius 2 is 2.00 bits per heavy atom. The molecule has 0 saturated heterocycles. The van der Waals surface area contributed by atoms with E-state index in [0.717, 1.165) is 15.5 Å². The Labute approximate surface area is 75.5 Å². The van der Waals surface area contributed by atoms with E-state index in [-0.39, 0.29) is 0 Å². The summed E-state index contributed by atoms with van der Waals surface area (Å²) in [6.45, 7) is 4.03. The number of hydrogen-bond acceptors (Lipinski definition) is 1. The van der Waals surface area contributed by atoms with Crippen LogP contribution < -0.4 is 4.35 Å². The van der Waals surface area contributed by atoms with Crippen molar-refractivity contribution in [2.75, 3.05) is 0 Å². The van der Waals surface area contributed by atoms with Gasteiger partial charge in [-0.3, -0.25) is 0 Å². The van der Waals surface area contributed by atoms with Gasteiger partial charge >= 0.3 is 75.2 Å². The Bertz CT molecular complexity index is 323. The van der Waals surface area contributed by atoms with Gasteiger partial charge in [-0.05, 0) is 0 Å². The Hall–Kier alpha value is -0.732. The third-order valence-electron chi connectivity index (χ3n) is 1.88. The molecular weight excluding hydrogens is 197 g/mol. The summed E-state index contributed by atoms with van der Waals surface area (Å²) in [5.74, 6) is 0. The zero-order valence-electron chi connectivity index (χ0n) is 6.68. The predicted molar refractivity (Wildman–Crippen MR) is 48.8 cm³/mol. The Morgan fingerprint density at radius 3 is 2.45 bits per heavy atom. The van der Waals surface area contributed by atoms with Crippen LogP contribution in [0.5, 0.6) is 0 Å². The first-order valence-electron chi connectivity index (χ1n) is 3.42. The maximum absolute atomic E-state index is 8.78. The molecule has 1 atom stereocenters. The number of rotatable bonds is 0. The van der Waals surface area contributed by atoms with Crippen LogP contribution in [0.3, 0.4) is 0 Å². The second-order valence-corrected chi connectivity index (χ2v) is 3.89. The molecule has 0 radical (unpaired) electrons. The molecule has 0 amide bonds. The van der Waals surface area contributed by atoms with E-state index in [0.29, 0.717) is 0 Å². The Kier molecular flexibility index (Phi) is 2.37. The zero-order valence-corrected chi connectivity index (χ0v) is 9.10. The topological polar surface area (TPSA) is 23.8 Å². The van der Waals surface area contributed by atoms with Gasteiger partial charge in [-0.25, -0.2) is 0 Å². The molecule has 0 saturated carbocycles. The zero-order chi connectivity index (χ0) is 8.43. The van der Waals surface area contributed by atoms with Crippen molar-refractivity contribution in [1.82, 2.24) is 0 Å². The number of nitrogens with zero attached hydrogens (tertiary/aromatic N) is 1. The summed E-state index contributed by atoms with van der Waals surface area (Å²) in [6.07, 6.45) is 0. The normalized spacial score (nSPS) is 9.27. The van der Waals surface area contributed by atoms with Crippen molar-refractivity contribution in [1.29, 1.82) is 5.26 Å². The molecule has 1 nitrogen and oxygen atoms in total. The molecule has 0 spiro atoms. The van der Waals surface area contributed by atoms with Crippen LogP contribution in [0.1, 0.15) is 16.7 Å². The van der Waals surface area contributed by atoms with E-state index in [4.69, 9.17) is 5.26 Å². The molecule has 0 aliphatic heterocycles. The summed E-state index contributed by atoms with van der Waals surface area (Å²) in [7, 11) is 0. The molecule has 1 rings (SSSR count). The van der Waals surface area contributed by atoms with Crippen LogP contribution >= 0.6 is 0 Å². The summed E-state index contributed by atoms with van der Waals surface area (Å²) in [4.78, 5) is 0. The average Bonchev–Trinajstić information content (AvgIpc) is 1.99. The van der Waals surface area contributed by atoms with Crippen molar-refractivity contribution in [3.63, 3.8) is 0 Å². The maximum atomic E-state index is 8.78. The second-order valence-electron chi connectivity index (χ2n) is 2.58. The van der Waals surface area contributed by atoms with E-state index >= 15 is 0 Å². The van der Waals surface area contributed by atoms with E-state index in [1.807, 2.05) is 19.9 Å². The van der Waals surface area contributed by atoms with Crippen molar-refractivity contribution in [2.24, 2.45) is 0 Å². The van der Waals surface area contributed by atoms with Gasteiger partial charge in [-0.1, -0.05) is 0 Å². The van der Waals surface area contributed by atoms with Crippen LogP contribution in [0.15, 0.2) is 12.1 Å². The van der Waals surface area contributed by atoms with Gasteiger partial charge in [0.05, 0.1) is 0 Å². The molecular formula is C9H10AsN. The standard InChI is InChI=1S/C9H10AsN/c1-6-3-4-9(10)8(5-11)7(6)2/h3-4H,10H2,1-2H3. The average molecular weight is 207 g/mol. The van der Waals surface area contributed by atoms with Gasteiger partial charge in [0.25, 0.3) is 0 Å². The second kappa shape index (κ2) is 3.11. The molecule has 0 aliphatic rings. The summed E-state index contributed by atoms with van der Waals surface area (Å²) in [5.41, 5.74) is 3.17. The molecule has 56 valence electrons. The minimum absolute atomic E-state index is 0.852. The van der Waals surface area contributed by atoms with Crippen molar-refractivity contribution < 1.29 is 0 Å². The molecule has 1 unspecified atom stereocenters. The summed E-state index contributed by atoms with van der Waals surface area (Å²) in [6, 6.07) is 6.30. The number of benzene rings is 1. The SMILES string of the molecule is Cc1ccc([AsH2])c(C#N)c1C. The van der Waals surface area contributed by atoms with Gasteiger partial charge in [-0.15, -0.1) is 0 Å². The van der Waals surface area contributed by atoms with Gasteiger partial charge in [0.15, 0.2) is 0 Å². The van der Waals surface area contributed by atoms with E-state index in [9.17, 15) is 0 Å². The van der Waals surface area contributed by atoms with Crippen molar-refractivity contribution in [3.8, 4) is 6.07 Å².